The minimum Gasteiger partial charge on any atom is -0.124 e. The zero-order valence-corrected chi connectivity index (χ0v) is 28.6. The normalized spacial score (nSPS) is 37.8. The summed E-state index contributed by atoms with van der Waals surface area (Å²) in [5.74, 6) is 7.99. The highest BCUT2D eigenvalue weighted by atomic mass is 14.7. The molecule has 37 heavy (non-hydrogen) atoms. The number of terminal acetylenes is 1. The van der Waals surface area contributed by atoms with Crippen LogP contribution in [0.4, 0.5) is 0 Å². The Morgan fingerprint density at radius 3 is 1.76 bits per heavy atom. The van der Waals surface area contributed by atoms with Crippen molar-refractivity contribution in [2.75, 3.05) is 0 Å². The van der Waals surface area contributed by atoms with E-state index in [0.717, 1.165) is 47.3 Å². The Bertz CT molecular complexity index is 558. The Kier molecular flexibility index (Phi) is 20.5. The molecule has 0 aromatic heterocycles. The van der Waals surface area contributed by atoms with Crippen LogP contribution in [0.5, 0.6) is 0 Å². The number of hydrogen-bond donors (Lipinski definition) is 0. The van der Waals surface area contributed by atoms with Gasteiger partial charge in [0.2, 0.25) is 0 Å². The second-order valence-electron chi connectivity index (χ2n) is 12.6. The van der Waals surface area contributed by atoms with E-state index in [2.05, 4.69) is 54.4 Å². The van der Waals surface area contributed by atoms with Crippen molar-refractivity contribution in [3.05, 3.63) is 0 Å². The van der Waals surface area contributed by atoms with Crippen molar-refractivity contribution in [3.8, 4) is 12.8 Å². The first-order valence-electron chi connectivity index (χ1n) is 17.1. The maximum Gasteiger partial charge on any atom is -0.0264 e. The summed E-state index contributed by atoms with van der Waals surface area (Å²) in [6.45, 7) is 31.6. The second kappa shape index (κ2) is 19.6. The van der Waals surface area contributed by atoms with Crippen molar-refractivity contribution in [2.45, 2.75) is 168 Å². The zero-order valence-electron chi connectivity index (χ0n) is 28.6. The molecular formula is C37H74. The van der Waals surface area contributed by atoms with Crippen molar-refractivity contribution in [1.29, 1.82) is 0 Å². The molecule has 222 valence electrons. The Morgan fingerprint density at radius 2 is 1.22 bits per heavy atom. The van der Waals surface area contributed by atoms with E-state index in [9.17, 15) is 0 Å². The first kappa shape index (κ1) is 38.7. The van der Waals surface area contributed by atoms with E-state index in [-0.39, 0.29) is 0 Å². The van der Waals surface area contributed by atoms with Crippen LogP contribution in [0.3, 0.4) is 0 Å². The van der Waals surface area contributed by atoms with Gasteiger partial charge in [-0.1, -0.05) is 123 Å². The molecule has 0 radical (unpaired) electrons. The van der Waals surface area contributed by atoms with E-state index >= 15 is 0 Å². The monoisotopic (exact) mass is 519 g/mol. The number of rotatable bonds is 4. The summed E-state index contributed by atoms with van der Waals surface area (Å²) in [5.41, 5.74) is 1.35. The molecule has 4 saturated carbocycles. The van der Waals surface area contributed by atoms with Gasteiger partial charge in [0, 0.05) is 0 Å². The van der Waals surface area contributed by atoms with Crippen molar-refractivity contribution in [1.82, 2.24) is 0 Å². The smallest absolute Gasteiger partial charge is 0.0264 e. The number of fused-ring (bicyclic) bond motifs is 5. The molecule has 0 N–H and O–H groups in total. The average molecular weight is 519 g/mol. The maximum absolute atomic E-state index is 4.00. The van der Waals surface area contributed by atoms with Gasteiger partial charge >= 0.3 is 0 Å². The van der Waals surface area contributed by atoms with Gasteiger partial charge in [0.1, 0.15) is 0 Å². The third-order valence-corrected chi connectivity index (χ3v) is 10.9. The molecule has 4 aliphatic rings. The predicted octanol–water partition coefficient (Wildman–Crippen LogP) is 12.7. The average Bonchev–Trinajstić information content (AvgIpc) is 3.30. The summed E-state index contributed by atoms with van der Waals surface area (Å²) in [4.78, 5) is 0. The lowest BCUT2D eigenvalue weighted by Gasteiger charge is -2.62. The summed E-state index contributed by atoms with van der Waals surface area (Å²) in [6, 6.07) is 0. The third-order valence-electron chi connectivity index (χ3n) is 10.9. The van der Waals surface area contributed by atoms with Crippen LogP contribution in [-0.4, -0.2) is 0 Å². The molecule has 0 bridgehead atoms. The maximum atomic E-state index is 4.00. The minimum atomic E-state index is 0.656. The van der Waals surface area contributed by atoms with Crippen LogP contribution < -0.4 is 0 Å². The van der Waals surface area contributed by atoms with E-state index < -0.39 is 0 Å². The van der Waals surface area contributed by atoms with Crippen molar-refractivity contribution in [3.63, 3.8) is 0 Å². The van der Waals surface area contributed by atoms with Crippen LogP contribution in [0.2, 0.25) is 0 Å². The largest absolute Gasteiger partial charge is 0.124 e. The molecule has 0 heterocycles. The first-order valence-corrected chi connectivity index (χ1v) is 17.1. The molecule has 0 aliphatic heterocycles. The highest BCUT2D eigenvalue weighted by Gasteiger charge is 2.61. The summed E-state index contributed by atoms with van der Waals surface area (Å²) in [6.07, 6.45) is 24.8. The van der Waals surface area contributed by atoms with E-state index in [0.29, 0.717) is 10.8 Å². The van der Waals surface area contributed by atoms with Crippen LogP contribution in [0.25, 0.3) is 0 Å². The highest BCUT2D eigenvalue weighted by molar-refractivity contribution is 5.10. The van der Waals surface area contributed by atoms with Gasteiger partial charge in [-0.15, -0.1) is 12.8 Å². The lowest BCUT2D eigenvalue weighted by atomic mass is 9.42. The van der Waals surface area contributed by atoms with Gasteiger partial charge in [0.05, 0.1) is 0 Å². The fraction of sp³-hybridized carbons (Fsp3) is 0.946. The SMILES string of the molecule is C#C.CC.CC.CC.CC.CC(C)CCC(C)C1CCC2C3C(C)CC4CCCCC4(C)C3CCC12C. The van der Waals surface area contributed by atoms with Crippen LogP contribution in [0, 0.1) is 71.0 Å². The fourth-order valence-electron chi connectivity index (χ4n) is 9.44. The molecule has 0 nitrogen and oxygen atoms in total. The Labute approximate surface area is 238 Å². The quantitative estimate of drug-likeness (QED) is 0.324. The Hall–Kier alpha value is -0.440. The van der Waals surface area contributed by atoms with Gasteiger partial charge in [0.25, 0.3) is 0 Å². The van der Waals surface area contributed by atoms with Crippen molar-refractivity contribution < 1.29 is 0 Å². The summed E-state index contributed by atoms with van der Waals surface area (Å²) < 4.78 is 0. The van der Waals surface area contributed by atoms with Gasteiger partial charge in [-0.05, 0) is 103 Å². The summed E-state index contributed by atoms with van der Waals surface area (Å²) in [7, 11) is 0. The molecule has 9 atom stereocenters. The first-order chi connectivity index (χ1) is 17.8. The molecule has 4 rings (SSSR count). The zero-order chi connectivity index (χ0) is 29.4. The molecule has 0 amide bonds. The molecule has 0 heteroatoms. The molecule has 0 saturated heterocycles. The van der Waals surface area contributed by atoms with Crippen LogP contribution in [-0.2, 0) is 0 Å². The fourth-order valence-corrected chi connectivity index (χ4v) is 9.44. The summed E-state index contributed by atoms with van der Waals surface area (Å²) >= 11 is 0. The molecular weight excluding hydrogens is 444 g/mol. The van der Waals surface area contributed by atoms with Gasteiger partial charge < -0.3 is 0 Å². The topological polar surface area (TPSA) is 0 Å². The van der Waals surface area contributed by atoms with Crippen LogP contribution in [0.1, 0.15) is 168 Å². The predicted molar refractivity (Wildman–Crippen MR) is 173 cm³/mol. The standard InChI is InChI=1S/C27H48.4C2H6.C2H2/c1-18(2)10-11-19(3)22-12-13-23-25-20(4)17-21-9-7-8-15-26(21,5)24(25)14-16-27(22,23)6;5*1-2/h18-25H,7-17H2,1-6H3;4*1-2H3;1-2H. The lowest BCUT2D eigenvalue weighted by Crippen LogP contribution is -2.55. The molecule has 4 fully saturated rings. The highest BCUT2D eigenvalue weighted by Crippen LogP contribution is 2.69. The molecule has 0 aromatic carbocycles. The molecule has 9 unspecified atom stereocenters. The van der Waals surface area contributed by atoms with Crippen molar-refractivity contribution >= 4 is 0 Å². The van der Waals surface area contributed by atoms with Gasteiger partial charge in [-0.2, -0.15) is 0 Å². The molecule has 0 spiro atoms. The minimum absolute atomic E-state index is 0.656. The van der Waals surface area contributed by atoms with Crippen molar-refractivity contribution in [2.24, 2.45) is 58.2 Å². The Morgan fingerprint density at radius 1 is 0.676 bits per heavy atom. The Balaban J connectivity index is 0. The van der Waals surface area contributed by atoms with Gasteiger partial charge in [0.15, 0.2) is 0 Å². The summed E-state index contributed by atoms with van der Waals surface area (Å²) in [5, 5.41) is 0. The van der Waals surface area contributed by atoms with Crippen LogP contribution in [0.15, 0.2) is 0 Å². The third kappa shape index (κ3) is 8.77. The van der Waals surface area contributed by atoms with E-state index in [4.69, 9.17) is 0 Å². The van der Waals surface area contributed by atoms with Gasteiger partial charge in [-0.25, -0.2) is 0 Å². The van der Waals surface area contributed by atoms with Gasteiger partial charge in [-0.3, -0.25) is 0 Å². The van der Waals surface area contributed by atoms with E-state index in [1.165, 1.54) is 32.1 Å². The number of hydrogen-bond acceptors (Lipinski definition) is 0. The second-order valence-corrected chi connectivity index (χ2v) is 12.6. The van der Waals surface area contributed by atoms with E-state index in [1.54, 1.807) is 38.5 Å². The lowest BCUT2D eigenvalue weighted by molar-refractivity contribution is -0.137. The molecule has 0 aromatic rings. The van der Waals surface area contributed by atoms with Crippen LogP contribution >= 0.6 is 0 Å². The van der Waals surface area contributed by atoms with E-state index in [1.807, 2.05) is 55.4 Å². The molecule has 4 aliphatic carbocycles.